The van der Waals surface area contributed by atoms with E-state index in [4.69, 9.17) is 14.2 Å². The van der Waals surface area contributed by atoms with E-state index in [2.05, 4.69) is 0 Å². The molecule has 0 aliphatic rings. The fraction of sp³-hybridized carbons (Fsp3) is 0.588. The molecule has 0 bridgehead atoms. The molecule has 0 saturated carbocycles. The summed E-state index contributed by atoms with van der Waals surface area (Å²) in [4.78, 5) is 13.2. The molecule has 22 heavy (non-hydrogen) atoms. The number of hydrogen-bond acceptors (Lipinski definition) is 4. The summed E-state index contributed by atoms with van der Waals surface area (Å²) >= 11 is 0. The fourth-order valence-corrected chi connectivity index (χ4v) is 1.62. The lowest BCUT2D eigenvalue weighted by molar-refractivity contribution is 0.0142. The molecule has 0 saturated heterocycles. The number of carbonyl (C=O) groups excluding carboxylic acids is 1. The second-order valence-corrected chi connectivity index (χ2v) is 6.05. The zero-order valence-electron chi connectivity index (χ0n) is 14.0. The Bertz CT molecular complexity index is 428. The normalized spacial score (nSPS) is 11.3. The minimum Gasteiger partial charge on any atom is -0.444 e. The highest BCUT2D eigenvalue weighted by molar-refractivity contribution is 5.67. The van der Waals surface area contributed by atoms with Crippen LogP contribution in [0.5, 0.6) is 0 Å². The third-order valence-electron chi connectivity index (χ3n) is 2.76. The lowest BCUT2D eigenvalue weighted by Crippen LogP contribution is -2.36. The highest BCUT2D eigenvalue weighted by Crippen LogP contribution is 2.08. The predicted molar refractivity (Wildman–Crippen MR) is 85.8 cm³/mol. The Morgan fingerprint density at radius 1 is 1.05 bits per heavy atom. The summed E-state index contributed by atoms with van der Waals surface area (Å²) in [6.45, 7) is 8.12. The molecule has 5 heteroatoms. The second kappa shape index (κ2) is 9.43. The summed E-state index contributed by atoms with van der Waals surface area (Å²) < 4.78 is 16.2. The molecular weight excluding hydrogens is 282 g/mol. The van der Waals surface area contributed by atoms with Gasteiger partial charge in [-0.1, -0.05) is 30.3 Å². The predicted octanol–water partition coefficient (Wildman–Crippen LogP) is 3.09. The zero-order chi connectivity index (χ0) is 16.4. The van der Waals surface area contributed by atoms with Crippen LogP contribution >= 0.6 is 0 Å². The molecule has 1 amide bonds. The van der Waals surface area contributed by atoms with E-state index >= 15 is 0 Å². The summed E-state index contributed by atoms with van der Waals surface area (Å²) in [5.41, 5.74) is 0.671. The standard InChI is InChI=1S/C17H27NO4/c1-17(2,3)22-16(19)18(4)10-11-20-12-13-21-14-15-8-6-5-7-9-15/h5-9H,10-14H2,1-4H3. The molecule has 0 fully saturated rings. The quantitative estimate of drug-likeness (QED) is 0.692. The van der Waals surface area contributed by atoms with Crippen molar-refractivity contribution in [3.8, 4) is 0 Å². The van der Waals surface area contributed by atoms with E-state index in [9.17, 15) is 4.79 Å². The van der Waals surface area contributed by atoms with Crippen LogP contribution in [0, 0.1) is 0 Å². The van der Waals surface area contributed by atoms with Gasteiger partial charge in [0.15, 0.2) is 0 Å². The first-order valence-corrected chi connectivity index (χ1v) is 7.52. The summed E-state index contributed by atoms with van der Waals surface area (Å²) in [7, 11) is 1.70. The average molecular weight is 309 g/mol. The van der Waals surface area contributed by atoms with Gasteiger partial charge in [-0.25, -0.2) is 4.79 Å². The Balaban J connectivity index is 2.02. The van der Waals surface area contributed by atoms with Crippen molar-refractivity contribution in [1.82, 2.24) is 4.90 Å². The summed E-state index contributed by atoms with van der Waals surface area (Å²) in [5, 5.41) is 0. The van der Waals surface area contributed by atoms with Crippen molar-refractivity contribution < 1.29 is 19.0 Å². The number of carbonyl (C=O) groups is 1. The number of hydrogen-bond donors (Lipinski definition) is 0. The van der Waals surface area contributed by atoms with Crippen LogP contribution in [-0.4, -0.2) is 50.0 Å². The molecule has 0 aromatic heterocycles. The molecule has 0 aliphatic carbocycles. The number of likely N-dealkylation sites (N-methyl/N-ethyl adjacent to an activating group) is 1. The Hall–Kier alpha value is -1.59. The summed E-state index contributed by atoms with van der Waals surface area (Å²) in [5.74, 6) is 0. The van der Waals surface area contributed by atoms with Crippen molar-refractivity contribution in [2.45, 2.75) is 33.0 Å². The third kappa shape index (κ3) is 8.64. The van der Waals surface area contributed by atoms with Gasteiger partial charge in [-0.2, -0.15) is 0 Å². The van der Waals surface area contributed by atoms with Crippen molar-refractivity contribution in [2.24, 2.45) is 0 Å². The molecule has 0 heterocycles. The average Bonchev–Trinajstić information content (AvgIpc) is 2.45. The van der Waals surface area contributed by atoms with Crippen molar-refractivity contribution in [2.75, 3.05) is 33.4 Å². The first-order chi connectivity index (χ1) is 10.4. The molecule has 1 rings (SSSR count). The van der Waals surface area contributed by atoms with E-state index in [1.807, 2.05) is 51.1 Å². The molecule has 0 unspecified atom stereocenters. The Morgan fingerprint density at radius 2 is 1.68 bits per heavy atom. The number of benzene rings is 1. The Labute approximate surface area is 133 Å². The Morgan fingerprint density at radius 3 is 2.32 bits per heavy atom. The molecule has 0 N–H and O–H groups in total. The van der Waals surface area contributed by atoms with Crippen molar-refractivity contribution >= 4 is 6.09 Å². The van der Waals surface area contributed by atoms with Gasteiger partial charge in [0.05, 0.1) is 26.4 Å². The van der Waals surface area contributed by atoms with E-state index in [1.165, 1.54) is 4.90 Å². The van der Waals surface area contributed by atoms with Gasteiger partial charge in [0, 0.05) is 13.6 Å². The SMILES string of the molecule is CN(CCOCCOCc1ccccc1)C(=O)OC(C)(C)C. The van der Waals surface area contributed by atoms with Crippen molar-refractivity contribution in [3.05, 3.63) is 35.9 Å². The van der Waals surface area contributed by atoms with Gasteiger partial charge >= 0.3 is 6.09 Å². The highest BCUT2D eigenvalue weighted by atomic mass is 16.6. The molecule has 0 spiro atoms. The van der Waals surface area contributed by atoms with Crippen LogP contribution in [0.3, 0.4) is 0 Å². The van der Waals surface area contributed by atoms with Gasteiger partial charge in [-0.05, 0) is 26.3 Å². The van der Waals surface area contributed by atoms with E-state index in [0.29, 0.717) is 33.0 Å². The molecule has 0 aliphatic heterocycles. The molecular formula is C17H27NO4. The summed E-state index contributed by atoms with van der Waals surface area (Å²) in [6.07, 6.45) is -0.337. The summed E-state index contributed by atoms with van der Waals surface area (Å²) in [6, 6.07) is 10.0. The van der Waals surface area contributed by atoms with Crippen LogP contribution in [0.1, 0.15) is 26.3 Å². The lowest BCUT2D eigenvalue weighted by Gasteiger charge is -2.24. The van der Waals surface area contributed by atoms with E-state index in [0.717, 1.165) is 5.56 Å². The molecule has 0 radical (unpaired) electrons. The molecule has 5 nitrogen and oxygen atoms in total. The van der Waals surface area contributed by atoms with Crippen LogP contribution in [0.25, 0.3) is 0 Å². The maximum Gasteiger partial charge on any atom is 0.410 e. The second-order valence-electron chi connectivity index (χ2n) is 6.05. The van der Waals surface area contributed by atoms with Gasteiger partial charge in [0.25, 0.3) is 0 Å². The van der Waals surface area contributed by atoms with Gasteiger partial charge in [0.2, 0.25) is 0 Å². The van der Waals surface area contributed by atoms with Gasteiger partial charge in [-0.3, -0.25) is 0 Å². The van der Waals surface area contributed by atoms with E-state index < -0.39 is 5.60 Å². The van der Waals surface area contributed by atoms with Crippen LogP contribution in [-0.2, 0) is 20.8 Å². The number of amides is 1. The van der Waals surface area contributed by atoms with Crippen molar-refractivity contribution in [3.63, 3.8) is 0 Å². The number of rotatable bonds is 8. The monoisotopic (exact) mass is 309 g/mol. The zero-order valence-corrected chi connectivity index (χ0v) is 14.0. The van der Waals surface area contributed by atoms with Crippen LogP contribution in [0.4, 0.5) is 4.79 Å². The third-order valence-corrected chi connectivity index (χ3v) is 2.76. The number of ether oxygens (including phenoxy) is 3. The lowest BCUT2D eigenvalue weighted by atomic mass is 10.2. The molecule has 0 atom stereocenters. The van der Waals surface area contributed by atoms with E-state index in [-0.39, 0.29) is 6.09 Å². The molecule has 1 aromatic carbocycles. The van der Waals surface area contributed by atoms with Gasteiger partial charge in [-0.15, -0.1) is 0 Å². The Kier molecular flexibility index (Phi) is 7.91. The van der Waals surface area contributed by atoms with Crippen LogP contribution in [0.2, 0.25) is 0 Å². The van der Waals surface area contributed by atoms with Gasteiger partial charge in [0.1, 0.15) is 5.60 Å². The minimum absolute atomic E-state index is 0.337. The first kappa shape index (κ1) is 18.5. The topological polar surface area (TPSA) is 48.0 Å². The van der Waals surface area contributed by atoms with Gasteiger partial charge < -0.3 is 19.1 Å². The van der Waals surface area contributed by atoms with Crippen molar-refractivity contribution in [1.29, 1.82) is 0 Å². The minimum atomic E-state index is -0.475. The first-order valence-electron chi connectivity index (χ1n) is 7.52. The molecule has 124 valence electrons. The maximum absolute atomic E-state index is 11.7. The van der Waals surface area contributed by atoms with E-state index in [1.54, 1.807) is 7.05 Å². The largest absolute Gasteiger partial charge is 0.444 e. The highest BCUT2D eigenvalue weighted by Gasteiger charge is 2.19. The van der Waals surface area contributed by atoms with Crippen LogP contribution < -0.4 is 0 Å². The fourth-order valence-electron chi connectivity index (χ4n) is 1.62. The van der Waals surface area contributed by atoms with Crippen LogP contribution in [0.15, 0.2) is 30.3 Å². The smallest absolute Gasteiger partial charge is 0.410 e. The number of nitrogens with zero attached hydrogens (tertiary/aromatic N) is 1. The maximum atomic E-state index is 11.7. The molecule has 1 aromatic rings.